The van der Waals surface area contributed by atoms with Gasteiger partial charge in [-0.1, -0.05) is 36.4 Å². The van der Waals surface area contributed by atoms with E-state index in [1.165, 1.54) is 16.2 Å². The number of piperazine rings is 1. The van der Waals surface area contributed by atoms with Gasteiger partial charge < -0.3 is 10.0 Å². The molecule has 0 bridgehead atoms. The molecule has 1 saturated heterocycles. The smallest absolute Gasteiger partial charge is 0.252 e. The van der Waals surface area contributed by atoms with E-state index in [-0.39, 0.29) is 0 Å². The molecule has 0 aliphatic carbocycles. The van der Waals surface area contributed by atoms with Crippen molar-refractivity contribution in [3.8, 4) is 5.75 Å². The van der Waals surface area contributed by atoms with E-state index in [2.05, 4.69) is 0 Å². The molecule has 0 spiro atoms. The van der Waals surface area contributed by atoms with Crippen LogP contribution in [0, 0.1) is 0 Å². The van der Waals surface area contributed by atoms with Crippen molar-refractivity contribution in [1.82, 2.24) is 4.31 Å². The first-order valence-electron chi connectivity index (χ1n) is 8.62. The van der Waals surface area contributed by atoms with Gasteiger partial charge in [-0.2, -0.15) is 4.31 Å². The Balaban J connectivity index is 1.49. The normalized spacial score (nSPS) is 16.9. The van der Waals surface area contributed by atoms with Crippen molar-refractivity contribution < 1.29 is 18.4 Å². The van der Waals surface area contributed by atoms with Crippen LogP contribution in [0.5, 0.6) is 5.75 Å². The number of aromatic hydroxyl groups is 1. The molecule has 2 heterocycles. The number of hydrogen-bond acceptors (Lipinski definition) is 4. The molecule has 136 valence electrons. The van der Waals surface area contributed by atoms with Crippen LogP contribution in [-0.4, -0.2) is 44.0 Å². The van der Waals surface area contributed by atoms with Crippen LogP contribution in [0.25, 0.3) is 10.8 Å². The van der Waals surface area contributed by atoms with E-state index in [1.54, 1.807) is 27.9 Å². The first kappa shape index (κ1) is 17.5. The SMILES string of the molecule is O=S(=O)(c1cccs1)N1CC[NH+](Cc2c(O)ccc3ccccc23)CC1. The Bertz CT molecular complexity index is 1010. The summed E-state index contributed by atoms with van der Waals surface area (Å²) in [5.41, 5.74) is 0.938. The van der Waals surface area contributed by atoms with Gasteiger partial charge in [0.1, 0.15) is 16.5 Å². The van der Waals surface area contributed by atoms with E-state index in [1.807, 2.05) is 30.3 Å². The number of sulfonamides is 1. The Morgan fingerprint density at radius 2 is 1.81 bits per heavy atom. The number of nitrogens with one attached hydrogen (secondary N) is 1. The van der Waals surface area contributed by atoms with Gasteiger partial charge in [-0.05, 0) is 28.3 Å². The van der Waals surface area contributed by atoms with Crippen LogP contribution in [0.4, 0.5) is 0 Å². The third-order valence-electron chi connectivity index (χ3n) is 4.96. The van der Waals surface area contributed by atoms with Crippen LogP contribution >= 0.6 is 11.3 Å². The number of rotatable bonds is 4. The minimum absolute atomic E-state index is 0.310. The van der Waals surface area contributed by atoms with Crippen molar-refractivity contribution in [2.75, 3.05) is 26.2 Å². The fraction of sp³-hybridized carbons (Fsp3) is 0.263. The van der Waals surface area contributed by atoms with E-state index in [4.69, 9.17) is 0 Å². The van der Waals surface area contributed by atoms with Crippen LogP contribution < -0.4 is 4.90 Å². The lowest BCUT2D eigenvalue weighted by Crippen LogP contribution is -3.13. The zero-order valence-electron chi connectivity index (χ0n) is 14.3. The lowest BCUT2D eigenvalue weighted by Gasteiger charge is -2.31. The van der Waals surface area contributed by atoms with Gasteiger partial charge in [-0.15, -0.1) is 11.3 Å². The molecule has 5 nitrogen and oxygen atoms in total. The number of quaternary nitrogens is 1. The second kappa shape index (κ2) is 7.00. The van der Waals surface area contributed by atoms with Crippen molar-refractivity contribution in [1.29, 1.82) is 0 Å². The van der Waals surface area contributed by atoms with Crippen molar-refractivity contribution in [2.45, 2.75) is 10.8 Å². The number of benzene rings is 2. The van der Waals surface area contributed by atoms with Gasteiger partial charge in [0.05, 0.1) is 31.7 Å². The highest BCUT2D eigenvalue weighted by Crippen LogP contribution is 2.26. The summed E-state index contributed by atoms with van der Waals surface area (Å²) in [7, 11) is -3.37. The zero-order chi connectivity index (χ0) is 18.1. The first-order valence-corrected chi connectivity index (χ1v) is 10.9. The number of thiophene rings is 1. The maximum Gasteiger partial charge on any atom is 0.252 e. The van der Waals surface area contributed by atoms with Crippen LogP contribution in [0.3, 0.4) is 0 Å². The highest BCUT2D eigenvalue weighted by atomic mass is 32.2. The van der Waals surface area contributed by atoms with Gasteiger partial charge in [0.2, 0.25) is 0 Å². The molecule has 7 heteroatoms. The summed E-state index contributed by atoms with van der Waals surface area (Å²) in [5, 5.41) is 14.3. The molecule has 0 saturated carbocycles. The molecule has 0 atom stereocenters. The van der Waals surface area contributed by atoms with E-state index in [9.17, 15) is 13.5 Å². The van der Waals surface area contributed by atoms with Gasteiger partial charge in [0, 0.05) is 0 Å². The molecule has 0 unspecified atom stereocenters. The fourth-order valence-electron chi connectivity index (χ4n) is 3.52. The van der Waals surface area contributed by atoms with Crippen molar-refractivity contribution in [2.24, 2.45) is 0 Å². The second-order valence-electron chi connectivity index (χ2n) is 6.55. The van der Waals surface area contributed by atoms with Gasteiger partial charge in [0.25, 0.3) is 10.0 Å². The molecule has 3 aromatic rings. The molecule has 1 aliphatic heterocycles. The maximum atomic E-state index is 12.6. The monoisotopic (exact) mass is 389 g/mol. The summed E-state index contributed by atoms with van der Waals surface area (Å²) in [4.78, 5) is 1.29. The number of nitrogens with zero attached hydrogens (tertiary/aromatic N) is 1. The molecular weight excluding hydrogens is 368 g/mol. The van der Waals surface area contributed by atoms with Crippen LogP contribution in [0.1, 0.15) is 5.56 Å². The average molecular weight is 390 g/mol. The topological polar surface area (TPSA) is 62.0 Å². The third kappa shape index (κ3) is 3.23. The summed E-state index contributed by atoms with van der Waals surface area (Å²) in [6, 6.07) is 15.1. The summed E-state index contributed by atoms with van der Waals surface area (Å²) in [6.07, 6.45) is 0. The quantitative estimate of drug-likeness (QED) is 0.714. The van der Waals surface area contributed by atoms with Crippen LogP contribution in [-0.2, 0) is 16.6 Å². The Morgan fingerprint density at radius 1 is 1.04 bits per heavy atom. The highest BCUT2D eigenvalue weighted by Gasteiger charge is 2.31. The Labute approximate surface area is 157 Å². The van der Waals surface area contributed by atoms with Crippen LogP contribution in [0.15, 0.2) is 58.1 Å². The Hall–Kier alpha value is -1.93. The molecule has 2 N–H and O–H groups in total. The van der Waals surface area contributed by atoms with E-state index < -0.39 is 10.0 Å². The van der Waals surface area contributed by atoms with Crippen molar-refractivity contribution in [3.63, 3.8) is 0 Å². The van der Waals surface area contributed by atoms with Gasteiger partial charge in [-0.3, -0.25) is 0 Å². The van der Waals surface area contributed by atoms with Gasteiger partial charge >= 0.3 is 0 Å². The molecule has 4 rings (SSSR count). The number of fused-ring (bicyclic) bond motifs is 1. The Morgan fingerprint density at radius 3 is 2.54 bits per heavy atom. The maximum absolute atomic E-state index is 12.6. The lowest BCUT2D eigenvalue weighted by atomic mass is 10.0. The largest absolute Gasteiger partial charge is 0.507 e. The van der Waals surface area contributed by atoms with E-state index in [0.29, 0.717) is 29.6 Å². The Kier molecular flexibility index (Phi) is 4.71. The summed E-state index contributed by atoms with van der Waals surface area (Å²) >= 11 is 1.26. The minimum atomic E-state index is -3.37. The number of phenolic OH excluding ortho intramolecular Hbond substituents is 1. The average Bonchev–Trinajstić information content (AvgIpc) is 3.20. The molecule has 0 amide bonds. The highest BCUT2D eigenvalue weighted by molar-refractivity contribution is 7.91. The molecule has 26 heavy (non-hydrogen) atoms. The summed E-state index contributed by atoms with van der Waals surface area (Å²) in [6.45, 7) is 3.16. The number of hydrogen-bond donors (Lipinski definition) is 2. The minimum Gasteiger partial charge on any atom is -0.507 e. The summed E-state index contributed by atoms with van der Waals surface area (Å²) < 4.78 is 27.2. The van der Waals surface area contributed by atoms with E-state index in [0.717, 1.165) is 29.4 Å². The molecule has 1 fully saturated rings. The third-order valence-corrected chi connectivity index (χ3v) is 8.23. The first-order chi connectivity index (χ1) is 12.6. The van der Waals surface area contributed by atoms with Crippen molar-refractivity contribution >= 4 is 32.1 Å². The fourth-order valence-corrected chi connectivity index (χ4v) is 6.10. The second-order valence-corrected chi connectivity index (χ2v) is 9.66. The molecular formula is C19H21N2O3S2+. The predicted molar refractivity (Wildman–Crippen MR) is 103 cm³/mol. The molecule has 0 radical (unpaired) electrons. The standard InChI is InChI=1S/C19H20N2O3S2/c22-18-8-7-15-4-1-2-5-16(15)17(18)14-20-9-11-21(12-10-20)26(23,24)19-6-3-13-25-19/h1-8,13,22H,9-12,14H2/p+1. The predicted octanol–water partition coefficient (Wildman–Crippen LogP) is 1.70. The molecule has 1 aliphatic rings. The lowest BCUT2D eigenvalue weighted by molar-refractivity contribution is -0.917. The molecule has 2 aromatic carbocycles. The van der Waals surface area contributed by atoms with Crippen LogP contribution in [0.2, 0.25) is 0 Å². The van der Waals surface area contributed by atoms with E-state index >= 15 is 0 Å². The van der Waals surface area contributed by atoms with Gasteiger partial charge in [-0.25, -0.2) is 8.42 Å². The zero-order valence-corrected chi connectivity index (χ0v) is 15.9. The van der Waals surface area contributed by atoms with Gasteiger partial charge in [0.15, 0.2) is 0 Å². The number of phenols is 1. The van der Waals surface area contributed by atoms with Crippen molar-refractivity contribution in [3.05, 3.63) is 59.5 Å². The molecule has 1 aromatic heterocycles. The summed E-state index contributed by atoms with van der Waals surface area (Å²) in [5.74, 6) is 0.310.